The molecule has 0 spiro atoms. The summed E-state index contributed by atoms with van der Waals surface area (Å²) in [7, 11) is -2.40. The van der Waals surface area contributed by atoms with Gasteiger partial charge < -0.3 is 1.43 Å². The average Bonchev–Trinajstić information content (AvgIpc) is 2.14. The second-order valence-corrected chi connectivity index (χ2v) is 4.93. The number of benzene rings is 1. The molecule has 0 aliphatic rings. The summed E-state index contributed by atoms with van der Waals surface area (Å²) in [6.45, 7) is 5.64. The van der Waals surface area contributed by atoms with Gasteiger partial charge in [-0.2, -0.15) is 8.42 Å². The van der Waals surface area contributed by atoms with Crippen LogP contribution in [0.15, 0.2) is 17.0 Å². The first-order valence-electron chi connectivity index (χ1n) is 4.27. The van der Waals surface area contributed by atoms with Crippen LogP contribution in [0.1, 0.15) is 18.1 Å². The van der Waals surface area contributed by atoms with Crippen molar-refractivity contribution in [1.29, 1.82) is 0 Å². The van der Waals surface area contributed by atoms with Gasteiger partial charge in [-0.05, 0) is 43.5 Å². The molecule has 0 aliphatic carbocycles. The third kappa shape index (κ3) is 3.04. The summed E-state index contributed by atoms with van der Waals surface area (Å²) in [5.74, 6) is 0. The maximum atomic E-state index is 11.5. The van der Waals surface area contributed by atoms with Gasteiger partial charge in [0.25, 0.3) is 10.1 Å². The molecule has 0 aromatic heterocycles. The maximum absolute atomic E-state index is 11.5. The molecule has 0 saturated carbocycles. The Kier molecular flexibility index (Phi) is 5.50. The first kappa shape index (κ1) is 15.1. The fraction of sp³-hybridized carbons (Fsp3) is 0.400. The average molecular weight is 238 g/mol. The van der Waals surface area contributed by atoms with E-state index in [0.717, 1.165) is 16.7 Å². The SMILES string of the molecule is COS(=O)(=O)c1ccc(C)c(C)c1C.[H-].[Na+]. The summed E-state index contributed by atoms with van der Waals surface area (Å²) in [5, 5.41) is 0. The van der Waals surface area contributed by atoms with Gasteiger partial charge in [-0.3, -0.25) is 4.18 Å². The zero-order chi connectivity index (χ0) is 10.9. The van der Waals surface area contributed by atoms with Crippen LogP contribution in [-0.4, -0.2) is 15.5 Å². The maximum Gasteiger partial charge on any atom is 1.00 e. The molecular weight excluding hydrogens is 223 g/mol. The molecular formula is C10H15NaO3S. The van der Waals surface area contributed by atoms with Crippen molar-refractivity contribution in [3.05, 3.63) is 28.8 Å². The molecule has 0 atom stereocenters. The number of hydrogen-bond donors (Lipinski definition) is 0. The predicted molar refractivity (Wildman–Crippen MR) is 56.0 cm³/mol. The molecule has 5 heteroatoms. The van der Waals surface area contributed by atoms with E-state index in [0.29, 0.717) is 0 Å². The zero-order valence-electron chi connectivity index (χ0n) is 10.8. The Morgan fingerprint density at radius 2 is 1.67 bits per heavy atom. The molecule has 80 valence electrons. The van der Waals surface area contributed by atoms with Gasteiger partial charge in [0.15, 0.2) is 0 Å². The van der Waals surface area contributed by atoms with Crippen LogP contribution in [0.25, 0.3) is 0 Å². The van der Waals surface area contributed by atoms with E-state index in [-0.39, 0.29) is 35.9 Å². The van der Waals surface area contributed by atoms with E-state index in [4.69, 9.17) is 0 Å². The standard InChI is InChI=1S/C10H14O3S.Na.H/c1-7-5-6-10(9(3)8(7)2)14(11,12)13-4;;/h5-6H,1-4H3;;/q;+1;-1. The summed E-state index contributed by atoms with van der Waals surface area (Å²) in [6.07, 6.45) is 0. The molecule has 0 radical (unpaired) electrons. The van der Waals surface area contributed by atoms with Crippen LogP contribution in [0.5, 0.6) is 0 Å². The number of rotatable bonds is 2. The van der Waals surface area contributed by atoms with E-state index in [9.17, 15) is 8.42 Å². The van der Waals surface area contributed by atoms with Crippen LogP contribution in [0.3, 0.4) is 0 Å². The van der Waals surface area contributed by atoms with Crippen LogP contribution in [0.4, 0.5) is 0 Å². The summed E-state index contributed by atoms with van der Waals surface area (Å²) in [4.78, 5) is 0.253. The quantitative estimate of drug-likeness (QED) is 0.493. The Balaban J connectivity index is 0. The molecule has 0 unspecified atom stereocenters. The van der Waals surface area contributed by atoms with E-state index in [1.807, 2.05) is 13.8 Å². The van der Waals surface area contributed by atoms with Gasteiger partial charge >= 0.3 is 29.6 Å². The Labute approximate surface area is 115 Å². The van der Waals surface area contributed by atoms with E-state index in [1.165, 1.54) is 7.11 Å². The van der Waals surface area contributed by atoms with Gasteiger partial charge in [0.05, 0.1) is 12.0 Å². The monoisotopic (exact) mass is 238 g/mol. The molecule has 0 heterocycles. The Hall–Kier alpha value is 0.130. The minimum absolute atomic E-state index is 0. The van der Waals surface area contributed by atoms with Gasteiger partial charge in [-0.25, -0.2) is 0 Å². The molecule has 0 bridgehead atoms. The topological polar surface area (TPSA) is 43.4 Å². The molecule has 1 aromatic rings. The minimum atomic E-state index is -3.57. The molecule has 15 heavy (non-hydrogen) atoms. The second kappa shape index (κ2) is 5.46. The normalized spacial score (nSPS) is 10.9. The molecule has 1 aromatic carbocycles. The summed E-state index contributed by atoms with van der Waals surface area (Å²) < 4.78 is 27.4. The van der Waals surface area contributed by atoms with Crippen molar-refractivity contribution in [3.8, 4) is 0 Å². The zero-order valence-corrected chi connectivity index (χ0v) is 12.6. The van der Waals surface area contributed by atoms with Crippen LogP contribution in [0.2, 0.25) is 0 Å². The van der Waals surface area contributed by atoms with Gasteiger partial charge in [0.2, 0.25) is 0 Å². The fourth-order valence-electron chi connectivity index (χ4n) is 1.29. The van der Waals surface area contributed by atoms with Crippen LogP contribution >= 0.6 is 0 Å². The van der Waals surface area contributed by atoms with Gasteiger partial charge in [0, 0.05) is 0 Å². The molecule has 0 amide bonds. The second-order valence-electron chi connectivity index (χ2n) is 3.25. The minimum Gasteiger partial charge on any atom is -1.00 e. The van der Waals surface area contributed by atoms with Crippen molar-refractivity contribution in [3.63, 3.8) is 0 Å². The third-order valence-corrected chi connectivity index (χ3v) is 3.92. The third-order valence-electron chi connectivity index (χ3n) is 2.50. The van der Waals surface area contributed by atoms with Crippen molar-refractivity contribution < 1.29 is 43.6 Å². The Morgan fingerprint density at radius 1 is 1.13 bits per heavy atom. The molecule has 0 N–H and O–H groups in total. The number of aryl methyl sites for hydroxylation is 1. The predicted octanol–water partition coefficient (Wildman–Crippen LogP) is -0.937. The van der Waals surface area contributed by atoms with Gasteiger partial charge in [-0.15, -0.1) is 0 Å². The molecule has 0 fully saturated rings. The van der Waals surface area contributed by atoms with Crippen molar-refractivity contribution in [1.82, 2.24) is 0 Å². The van der Waals surface area contributed by atoms with Gasteiger partial charge in [-0.1, -0.05) is 6.07 Å². The molecule has 0 saturated heterocycles. The van der Waals surface area contributed by atoms with Gasteiger partial charge in [0.1, 0.15) is 0 Å². The van der Waals surface area contributed by atoms with E-state index in [2.05, 4.69) is 4.18 Å². The Bertz CT molecular complexity index is 457. The molecule has 1 rings (SSSR count). The fourth-order valence-corrected chi connectivity index (χ4v) is 2.23. The Morgan fingerprint density at radius 3 is 2.13 bits per heavy atom. The number of hydrogen-bond acceptors (Lipinski definition) is 3. The summed E-state index contributed by atoms with van der Waals surface area (Å²) in [6, 6.07) is 3.37. The van der Waals surface area contributed by atoms with Crippen molar-refractivity contribution >= 4 is 10.1 Å². The van der Waals surface area contributed by atoms with E-state index in [1.54, 1.807) is 19.1 Å². The van der Waals surface area contributed by atoms with Crippen LogP contribution in [-0.2, 0) is 14.3 Å². The smallest absolute Gasteiger partial charge is 1.00 e. The molecule has 3 nitrogen and oxygen atoms in total. The van der Waals surface area contributed by atoms with Crippen molar-refractivity contribution in [2.24, 2.45) is 0 Å². The largest absolute Gasteiger partial charge is 1.00 e. The summed E-state index contributed by atoms with van der Waals surface area (Å²) in [5.41, 5.74) is 2.83. The molecule has 0 aliphatic heterocycles. The van der Waals surface area contributed by atoms with Crippen LogP contribution in [0, 0.1) is 20.8 Å². The van der Waals surface area contributed by atoms with E-state index >= 15 is 0 Å². The van der Waals surface area contributed by atoms with Crippen LogP contribution < -0.4 is 29.6 Å². The van der Waals surface area contributed by atoms with Crippen molar-refractivity contribution in [2.45, 2.75) is 25.7 Å². The first-order chi connectivity index (χ1) is 6.40. The summed E-state index contributed by atoms with van der Waals surface area (Å²) >= 11 is 0. The first-order valence-corrected chi connectivity index (χ1v) is 5.68. The van der Waals surface area contributed by atoms with Crippen molar-refractivity contribution in [2.75, 3.05) is 7.11 Å². The van der Waals surface area contributed by atoms with E-state index < -0.39 is 10.1 Å².